The minimum Gasteiger partial charge on any atom is -0.351 e. The highest BCUT2D eigenvalue weighted by molar-refractivity contribution is 5.94. The number of nitrogens with zero attached hydrogens (tertiary/aromatic N) is 5. The van der Waals surface area contributed by atoms with Crippen molar-refractivity contribution in [1.29, 1.82) is 0 Å². The Balaban J connectivity index is 1.21. The number of benzene rings is 2. The van der Waals surface area contributed by atoms with E-state index in [1.807, 2.05) is 59.5 Å². The van der Waals surface area contributed by atoms with E-state index in [-0.39, 0.29) is 11.8 Å². The fourth-order valence-electron chi connectivity index (χ4n) is 3.60. The van der Waals surface area contributed by atoms with Gasteiger partial charge in [0.05, 0.1) is 13.1 Å². The van der Waals surface area contributed by atoms with Gasteiger partial charge in [-0.2, -0.15) is 5.10 Å². The lowest BCUT2D eigenvalue weighted by molar-refractivity contribution is -0.122. The van der Waals surface area contributed by atoms with Gasteiger partial charge in [-0.1, -0.05) is 42.5 Å². The van der Waals surface area contributed by atoms with Crippen molar-refractivity contribution >= 4 is 11.8 Å². The Morgan fingerprint density at radius 2 is 1.65 bits per heavy atom. The van der Waals surface area contributed by atoms with Gasteiger partial charge in [-0.05, 0) is 23.3 Å². The highest BCUT2D eigenvalue weighted by atomic mass is 16.2. The Kier molecular flexibility index (Phi) is 6.68. The molecule has 1 fully saturated rings. The largest absolute Gasteiger partial charge is 0.351 e. The number of amides is 2. The van der Waals surface area contributed by atoms with Gasteiger partial charge in [0.25, 0.3) is 5.91 Å². The Labute approximate surface area is 181 Å². The molecule has 0 unspecified atom stereocenters. The molecule has 2 aromatic carbocycles. The van der Waals surface area contributed by atoms with Crippen molar-refractivity contribution in [3.63, 3.8) is 0 Å². The number of aromatic nitrogens is 3. The van der Waals surface area contributed by atoms with Crippen molar-refractivity contribution in [3.05, 3.63) is 83.9 Å². The fraction of sp³-hybridized carbons (Fsp3) is 0.304. The molecule has 1 N–H and O–H groups in total. The molecule has 8 heteroatoms. The zero-order valence-electron chi connectivity index (χ0n) is 17.4. The predicted octanol–water partition coefficient (Wildman–Crippen LogP) is 1.40. The smallest absolute Gasteiger partial charge is 0.253 e. The van der Waals surface area contributed by atoms with Crippen LogP contribution in [0.5, 0.6) is 0 Å². The van der Waals surface area contributed by atoms with Crippen molar-refractivity contribution in [1.82, 2.24) is 29.9 Å². The Morgan fingerprint density at radius 1 is 0.903 bits per heavy atom. The van der Waals surface area contributed by atoms with E-state index in [2.05, 4.69) is 20.3 Å². The second-order valence-electron chi connectivity index (χ2n) is 7.62. The summed E-state index contributed by atoms with van der Waals surface area (Å²) in [7, 11) is 0. The summed E-state index contributed by atoms with van der Waals surface area (Å²) >= 11 is 0. The van der Waals surface area contributed by atoms with Gasteiger partial charge in [-0.3, -0.25) is 14.5 Å². The summed E-state index contributed by atoms with van der Waals surface area (Å²) < 4.78 is 1.74. The van der Waals surface area contributed by atoms with Gasteiger partial charge in [0.1, 0.15) is 12.7 Å². The van der Waals surface area contributed by atoms with E-state index in [0.717, 1.165) is 11.1 Å². The number of carbonyl (C=O) groups excluding carboxylic acids is 2. The summed E-state index contributed by atoms with van der Waals surface area (Å²) in [6, 6.07) is 17.5. The third kappa shape index (κ3) is 5.76. The molecule has 31 heavy (non-hydrogen) atoms. The first-order chi connectivity index (χ1) is 15.2. The molecule has 2 amide bonds. The predicted molar refractivity (Wildman–Crippen MR) is 116 cm³/mol. The summed E-state index contributed by atoms with van der Waals surface area (Å²) in [5, 5.41) is 7.05. The SMILES string of the molecule is O=C(CN1CCN(C(=O)c2ccc(Cn3cncn3)cc2)CC1)NCc1ccccc1. The average molecular weight is 419 g/mol. The van der Waals surface area contributed by atoms with E-state index < -0.39 is 0 Å². The number of nitrogens with one attached hydrogen (secondary N) is 1. The molecule has 8 nitrogen and oxygen atoms in total. The lowest BCUT2D eigenvalue weighted by atomic mass is 10.1. The van der Waals surface area contributed by atoms with Crippen molar-refractivity contribution in [2.45, 2.75) is 13.1 Å². The molecule has 0 radical (unpaired) electrons. The van der Waals surface area contributed by atoms with Gasteiger partial charge in [0.15, 0.2) is 0 Å². The topological polar surface area (TPSA) is 83.4 Å². The van der Waals surface area contributed by atoms with Crippen LogP contribution in [0.15, 0.2) is 67.3 Å². The first-order valence-electron chi connectivity index (χ1n) is 10.4. The maximum absolute atomic E-state index is 12.8. The maximum Gasteiger partial charge on any atom is 0.253 e. The van der Waals surface area contributed by atoms with Gasteiger partial charge in [0, 0.05) is 38.3 Å². The van der Waals surface area contributed by atoms with Crippen LogP contribution in [0.1, 0.15) is 21.5 Å². The fourth-order valence-corrected chi connectivity index (χ4v) is 3.60. The van der Waals surface area contributed by atoms with Crippen LogP contribution >= 0.6 is 0 Å². The maximum atomic E-state index is 12.8. The van der Waals surface area contributed by atoms with Crippen LogP contribution < -0.4 is 5.32 Å². The van der Waals surface area contributed by atoms with Gasteiger partial charge in [0.2, 0.25) is 5.91 Å². The van der Waals surface area contributed by atoms with Crippen LogP contribution in [0.4, 0.5) is 0 Å². The Morgan fingerprint density at radius 3 is 2.32 bits per heavy atom. The second kappa shape index (κ2) is 9.99. The van der Waals surface area contributed by atoms with Crippen molar-refractivity contribution < 1.29 is 9.59 Å². The van der Waals surface area contributed by atoms with Gasteiger partial charge >= 0.3 is 0 Å². The molecule has 1 aliphatic heterocycles. The molecule has 3 aromatic rings. The molecule has 0 aliphatic carbocycles. The lowest BCUT2D eigenvalue weighted by Crippen LogP contribution is -2.51. The van der Waals surface area contributed by atoms with E-state index >= 15 is 0 Å². The van der Waals surface area contributed by atoms with Gasteiger partial charge < -0.3 is 10.2 Å². The highest BCUT2D eigenvalue weighted by Crippen LogP contribution is 2.11. The van der Waals surface area contributed by atoms with Crippen LogP contribution in [-0.4, -0.2) is 69.1 Å². The highest BCUT2D eigenvalue weighted by Gasteiger charge is 2.23. The zero-order valence-corrected chi connectivity index (χ0v) is 17.4. The van der Waals surface area contributed by atoms with Crippen LogP contribution in [0.3, 0.4) is 0 Å². The van der Waals surface area contributed by atoms with E-state index in [1.54, 1.807) is 11.0 Å². The molecule has 1 aromatic heterocycles. The van der Waals surface area contributed by atoms with Crippen LogP contribution in [-0.2, 0) is 17.9 Å². The molecule has 1 aliphatic rings. The molecular weight excluding hydrogens is 392 g/mol. The average Bonchev–Trinajstić information content (AvgIpc) is 3.32. The molecule has 1 saturated heterocycles. The number of piperazine rings is 1. The Hall–Kier alpha value is -3.52. The van der Waals surface area contributed by atoms with Crippen LogP contribution in [0.25, 0.3) is 0 Å². The number of carbonyl (C=O) groups is 2. The first kappa shape index (κ1) is 20.7. The molecular formula is C23H26N6O2. The zero-order chi connectivity index (χ0) is 21.5. The van der Waals surface area contributed by atoms with E-state index in [0.29, 0.717) is 51.4 Å². The number of hydrogen-bond donors (Lipinski definition) is 1. The third-order valence-electron chi connectivity index (χ3n) is 5.37. The minimum absolute atomic E-state index is 0.00611. The van der Waals surface area contributed by atoms with Crippen LogP contribution in [0, 0.1) is 0 Å². The Bertz CT molecular complexity index is 981. The molecule has 0 bridgehead atoms. The normalized spacial score (nSPS) is 14.4. The molecule has 0 saturated carbocycles. The van der Waals surface area contributed by atoms with E-state index in [9.17, 15) is 9.59 Å². The summed E-state index contributed by atoms with van der Waals surface area (Å²) in [5.74, 6) is 0.0343. The molecule has 160 valence electrons. The monoisotopic (exact) mass is 418 g/mol. The third-order valence-corrected chi connectivity index (χ3v) is 5.37. The van der Waals surface area contributed by atoms with Gasteiger partial charge in [-0.25, -0.2) is 9.67 Å². The standard InChI is InChI=1S/C23H26N6O2/c30-22(25-14-19-4-2-1-3-5-19)16-27-10-12-28(13-11-27)23(31)21-8-6-20(7-9-21)15-29-18-24-17-26-29/h1-9,17-18H,10-16H2,(H,25,30). The van der Waals surface area contributed by atoms with Crippen LogP contribution in [0.2, 0.25) is 0 Å². The first-order valence-corrected chi connectivity index (χ1v) is 10.4. The molecule has 4 rings (SSSR count). The number of rotatable bonds is 7. The van der Waals surface area contributed by atoms with E-state index in [1.165, 1.54) is 6.33 Å². The second-order valence-corrected chi connectivity index (χ2v) is 7.62. The summed E-state index contributed by atoms with van der Waals surface area (Å²) in [4.78, 5) is 32.9. The lowest BCUT2D eigenvalue weighted by Gasteiger charge is -2.34. The van der Waals surface area contributed by atoms with Crippen molar-refractivity contribution in [3.8, 4) is 0 Å². The van der Waals surface area contributed by atoms with Gasteiger partial charge in [-0.15, -0.1) is 0 Å². The summed E-state index contributed by atoms with van der Waals surface area (Å²) in [6.07, 6.45) is 3.17. The van der Waals surface area contributed by atoms with E-state index in [4.69, 9.17) is 0 Å². The quantitative estimate of drug-likeness (QED) is 0.627. The van der Waals surface area contributed by atoms with Crippen molar-refractivity contribution in [2.75, 3.05) is 32.7 Å². The summed E-state index contributed by atoms with van der Waals surface area (Å²) in [6.45, 7) is 4.12. The van der Waals surface area contributed by atoms with Crippen molar-refractivity contribution in [2.24, 2.45) is 0 Å². The molecule has 2 heterocycles. The molecule has 0 spiro atoms. The minimum atomic E-state index is 0.00611. The number of hydrogen-bond acceptors (Lipinski definition) is 5. The summed E-state index contributed by atoms with van der Waals surface area (Å²) in [5.41, 5.74) is 2.82. The molecule has 0 atom stereocenters.